The maximum Gasteiger partial charge on any atom is 0.335 e. The molecule has 0 spiro atoms. The van der Waals surface area contributed by atoms with Gasteiger partial charge in [-0.15, -0.1) is 0 Å². The first-order valence-corrected chi connectivity index (χ1v) is 8.89. The van der Waals surface area contributed by atoms with Crippen molar-refractivity contribution in [1.29, 1.82) is 0 Å². The zero-order valence-electron chi connectivity index (χ0n) is 13.9. The summed E-state index contributed by atoms with van der Waals surface area (Å²) in [7, 11) is -0.721. The molecule has 0 fully saturated rings. The van der Waals surface area contributed by atoms with Gasteiger partial charge in [-0.25, -0.2) is 17.9 Å². The molecule has 134 valence electrons. The van der Waals surface area contributed by atoms with Gasteiger partial charge in [0.05, 0.1) is 24.7 Å². The minimum atomic E-state index is -3.80. The predicted octanol–water partition coefficient (Wildman–Crippen LogP) is 1.92. The number of rotatable bonds is 8. The van der Waals surface area contributed by atoms with E-state index in [9.17, 15) is 13.2 Å². The van der Waals surface area contributed by atoms with E-state index in [-0.39, 0.29) is 17.0 Å². The summed E-state index contributed by atoms with van der Waals surface area (Å²) < 4.78 is 37.4. The van der Waals surface area contributed by atoms with E-state index in [4.69, 9.17) is 14.6 Å². The van der Waals surface area contributed by atoms with Crippen LogP contribution in [0.4, 0.5) is 0 Å². The first-order chi connectivity index (χ1) is 11.9. The molecule has 2 rings (SSSR count). The molecule has 25 heavy (non-hydrogen) atoms. The molecular weight excluding hydrogens is 346 g/mol. The van der Waals surface area contributed by atoms with E-state index in [1.807, 2.05) is 0 Å². The van der Waals surface area contributed by atoms with Crippen molar-refractivity contribution in [2.24, 2.45) is 0 Å². The molecule has 0 atom stereocenters. The third-order valence-corrected chi connectivity index (χ3v) is 5.03. The molecule has 0 radical (unpaired) electrons. The molecule has 0 saturated heterocycles. The zero-order valence-corrected chi connectivity index (χ0v) is 14.7. The summed E-state index contributed by atoms with van der Waals surface area (Å²) >= 11 is 0. The van der Waals surface area contributed by atoms with Crippen LogP contribution in [0.2, 0.25) is 0 Å². The lowest BCUT2D eigenvalue weighted by atomic mass is 10.1. The molecule has 0 heterocycles. The summed E-state index contributed by atoms with van der Waals surface area (Å²) in [6, 6.07) is 10.5. The number of carboxylic acid groups (broad SMARTS) is 1. The summed E-state index contributed by atoms with van der Waals surface area (Å²) in [6.45, 7) is 0.141. The van der Waals surface area contributed by atoms with Crippen molar-refractivity contribution in [3.8, 4) is 11.5 Å². The Bertz CT molecular complexity index is 863. The molecule has 0 aromatic heterocycles. The summed E-state index contributed by atoms with van der Waals surface area (Å²) in [5.74, 6) is 0.0677. The summed E-state index contributed by atoms with van der Waals surface area (Å²) in [5, 5.41) is 8.96. The highest BCUT2D eigenvalue weighted by Gasteiger charge is 2.16. The van der Waals surface area contributed by atoms with Crippen molar-refractivity contribution in [1.82, 2.24) is 4.72 Å². The van der Waals surface area contributed by atoms with Crippen LogP contribution < -0.4 is 14.2 Å². The third kappa shape index (κ3) is 4.71. The minimum absolute atomic E-state index is 0.0836. The normalized spacial score (nSPS) is 11.1. The second-order valence-corrected chi connectivity index (χ2v) is 6.93. The van der Waals surface area contributed by atoms with Gasteiger partial charge in [0.25, 0.3) is 0 Å². The lowest BCUT2D eigenvalue weighted by Crippen LogP contribution is -2.26. The minimum Gasteiger partial charge on any atom is -0.497 e. The fraction of sp³-hybridized carbons (Fsp3) is 0.235. The standard InChI is InChI=1S/C17H19NO6S/c1-23-14-7-6-12(16(11-14)24-2)8-9-18-25(21,22)15-5-3-4-13(10-15)17(19)20/h3-7,10-11,18H,8-9H2,1-2H3,(H,19,20). The summed E-state index contributed by atoms with van der Waals surface area (Å²) in [6.07, 6.45) is 0.408. The lowest BCUT2D eigenvalue weighted by molar-refractivity contribution is 0.0696. The highest BCUT2D eigenvalue weighted by Crippen LogP contribution is 2.24. The van der Waals surface area contributed by atoms with E-state index < -0.39 is 16.0 Å². The molecule has 0 aliphatic rings. The largest absolute Gasteiger partial charge is 0.497 e. The van der Waals surface area contributed by atoms with Crippen molar-refractivity contribution in [2.75, 3.05) is 20.8 Å². The molecular formula is C17H19NO6S. The number of hydrogen-bond acceptors (Lipinski definition) is 5. The van der Waals surface area contributed by atoms with E-state index in [1.165, 1.54) is 25.3 Å². The van der Waals surface area contributed by atoms with E-state index in [0.717, 1.165) is 11.6 Å². The maximum atomic E-state index is 12.3. The Labute approximate surface area is 146 Å². The SMILES string of the molecule is COc1ccc(CCNS(=O)(=O)c2cccc(C(=O)O)c2)c(OC)c1. The molecule has 2 aromatic carbocycles. The van der Waals surface area contributed by atoms with Gasteiger partial charge in [-0.2, -0.15) is 0 Å². The predicted molar refractivity (Wildman–Crippen MR) is 91.8 cm³/mol. The highest BCUT2D eigenvalue weighted by molar-refractivity contribution is 7.89. The fourth-order valence-electron chi connectivity index (χ4n) is 2.26. The Morgan fingerprint density at radius 1 is 1.12 bits per heavy atom. The maximum absolute atomic E-state index is 12.3. The van der Waals surface area contributed by atoms with E-state index >= 15 is 0 Å². The number of aromatic carboxylic acids is 1. The van der Waals surface area contributed by atoms with Crippen LogP contribution >= 0.6 is 0 Å². The van der Waals surface area contributed by atoms with Crippen molar-refractivity contribution in [3.05, 3.63) is 53.6 Å². The number of nitrogens with one attached hydrogen (secondary N) is 1. The average molecular weight is 365 g/mol. The molecule has 2 aromatic rings. The second-order valence-electron chi connectivity index (χ2n) is 5.16. The van der Waals surface area contributed by atoms with Crippen LogP contribution in [0.25, 0.3) is 0 Å². The van der Waals surface area contributed by atoms with Crippen molar-refractivity contribution >= 4 is 16.0 Å². The van der Waals surface area contributed by atoms with Gasteiger partial charge in [-0.05, 0) is 36.2 Å². The van der Waals surface area contributed by atoms with Gasteiger partial charge in [0.1, 0.15) is 11.5 Å². The van der Waals surface area contributed by atoms with Gasteiger partial charge in [0, 0.05) is 12.6 Å². The third-order valence-electron chi connectivity index (χ3n) is 3.57. The average Bonchev–Trinajstić information content (AvgIpc) is 2.61. The quantitative estimate of drug-likeness (QED) is 0.741. The topological polar surface area (TPSA) is 102 Å². The van der Waals surface area contributed by atoms with E-state index in [0.29, 0.717) is 17.9 Å². The molecule has 0 aliphatic carbocycles. The zero-order chi connectivity index (χ0) is 18.4. The van der Waals surface area contributed by atoms with Crippen LogP contribution in [0, 0.1) is 0 Å². The van der Waals surface area contributed by atoms with Gasteiger partial charge in [-0.1, -0.05) is 12.1 Å². The van der Waals surface area contributed by atoms with Crippen LogP contribution in [0.15, 0.2) is 47.4 Å². The molecule has 0 saturated carbocycles. The van der Waals surface area contributed by atoms with Gasteiger partial charge in [-0.3, -0.25) is 0 Å². The second kappa shape index (κ2) is 8.00. The molecule has 2 N–H and O–H groups in total. The number of carbonyl (C=O) groups is 1. The van der Waals surface area contributed by atoms with Crippen molar-refractivity contribution in [2.45, 2.75) is 11.3 Å². The molecule has 0 unspecified atom stereocenters. The van der Waals surface area contributed by atoms with Crippen molar-refractivity contribution < 1.29 is 27.8 Å². The van der Waals surface area contributed by atoms with Crippen LogP contribution in [-0.4, -0.2) is 40.3 Å². The van der Waals surface area contributed by atoms with Crippen molar-refractivity contribution in [3.63, 3.8) is 0 Å². The fourth-order valence-corrected chi connectivity index (χ4v) is 3.34. The number of ether oxygens (including phenoxy) is 2. The van der Waals surface area contributed by atoms with Crippen LogP contribution in [0.3, 0.4) is 0 Å². The Kier molecular flexibility index (Phi) is 6.00. The molecule has 0 amide bonds. The first kappa shape index (κ1) is 18.8. The number of hydrogen-bond donors (Lipinski definition) is 2. The highest BCUT2D eigenvalue weighted by atomic mass is 32.2. The molecule has 8 heteroatoms. The Hall–Kier alpha value is -2.58. The Morgan fingerprint density at radius 2 is 1.88 bits per heavy atom. The van der Waals surface area contributed by atoms with Gasteiger partial charge >= 0.3 is 5.97 Å². The molecule has 7 nitrogen and oxygen atoms in total. The molecule has 0 aliphatic heterocycles. The first-order valence-electron chi connectivity index (χ1n) is 7.41. The number of sulfonamides is 1. The van der Waals surface area contributed by atoms with Crippen LogP contribution in [0.1, 0.15) is 15.9 Å². The van der Waals surface area contributed by atoms with Gasteiger partial charge in [0.2, 0.25) is 10.0 Å². The number of benzene rings is 2. The number of carboxylic acids is 1. The van der Waals surface area contributed by atoms with E-state index in [1.54, 1.807) is 25.3 Å². The van der Waals surface area contributed by atoms with Crippen LogP contribution in [0.5, 0.6) is 11.5 Å². The summed E-state index contributed by atoms with van der Waals surface area (Å²) in [5.41, 5.74) is 0.741. The Morgan fingerprint density at radius 3 is 2.52 bits per heavy atom. The van der Waals surface area contributed by atoms with Gasteiger partial charge < -0.3 is 14.6 Å². The van der Waals surface area contributed by atoms with Gasteiger partial charge in [0.15, 0.2) is 0 Å². The monoisotopic (exact) mass is 365 g/mol. The Balaban J connectivity index is 2.08. The lowest BCUT2D eigenvalue weighted by Gasteiger charge is -2.11. The van der Waals surface area contributed by atoms with Crippen LogP contribution in [-0.2, 0) is 16.4 Å². The van der Waals surface area contributed by atoms with E-state index in [2.05, 4.69) is 4.72 Å². The molecule has 0 bridgehead atoms. The number of methoxy groups -OCH3 is 2. The summed E-state index contributed by atoms with van der Waals surface area (Å²) in [4.78, 5) is 10.9. The smallest absolute Gasteiger partial charge is 0.335 e.